The second-order valence-corrected chi connectivity index (χ2v) is 5.72. The fourth-order valence-electron chi connectivity index (χ4n) is 2.95. The molecule has 1 N–H and O–H groups in total. The standard InChI is InChI=1S/C16H22N2O/c1-12-8-9-16(11-17,13(2)10-12)18-14-4-6-15(19-3)7-5-14/h4-7,12-13,18H,8-10H2,1-3H3. The Morgan fingerprint density at radius 2 is 2.00 bits per heavy atom. The van der Waals surface area contributed by atoms with Gasteiger partial charge in [-0.3, -0.25) is 0 Å². The van der Waals surface area contributed by atoms with Gasteiger partial charge >= 0.3 is 0 Å². The van der Waals surface area contributed by atoms with Crippen molar-refractivity contribution < 1.29 is 4.74 Å². The lowest BCUT2D eigenvalue weighted by Gasteiger charge is -2.40. The van der Waals surface area contributed by atoms with E-state index in [1.807, 2.05) is 24.3 Å². The van der Waals surface area contributed by atoms with Gasteiger partial charge in [-0.15, -0.1) is 0 Å². The number of ether oxygens (including phenoxy) is 1. The lowest BCUT2D eigenvalue weighted by molar-refractivity contribution is 0.229. The number of rotatable bonds is 3. The van der Waals surface area contributed by atoms with E-state index >= 15 is 0 Å². The van der Waals surface area contributed by atoms with E-state index in [-0.39, 0.29) is 0 Å². The molecule has 1 saturated carbocycles. The van der Waals surface area contributed by atoms with Crippen molar-refractivity contribution in [2.45, 2.75) is 38.6 Å². The Hall–Kier alpha value is -1.69. The predicted octanol–water partition coefficient (Wildman–Crippen LogP) is 3.83. The van der Waals surface area contributed by atoms with Crippen molar-refractivity contribution in [3.05, 3.63) is 24.3 Å². The van der Waals surface area contributed by atoms with E-state index < -0.39 is 5.54 Å². The molecule has 0 spiro atoms. The van der Waals surface area contributed by atoms with Crippen LogP contribution >= 0.6 is 0 Å². The molecule has 2 rings (SSSR count). The SMILES string of the molecule is COc1ccc(NC2(C#N)CCC(C)CC2C)cc1. The van der Waals surface area contributed by atoms with E-state index in [1.165, 1.54) is 0 Å². The molecular weight excluding hydrogens is 236 g/mol. The maximum Gasteiger partial charge on any atom is 0.127 e. The Morgan fingerprint density at radius 3 is 2.53 bits per heavy atom. The molecule has 3 unspecified atom stereocenters. The van der Waals surface area contributed by atoms with E-state index in [1.54, 1.807) is 7.11 Å². The van der Waals surface area contributed by atoms with Gasteiger partial charge in [0.1, 0.15) is 11.3 Å². The molecule has 3 atom stereocenters. The Balaban J connectivity index is 2.16. The third kappa shape index (κ3) is 2.84. The van der Waals surface area contributed by atoms with Crippen LogP contribution < -0.4 is 10.1 Å². The number of anilines is 1. The number of hydrogen-bond donors (Lipinski definition) is 1. The molecule has 1 aliphatic carbocycles. The van der Waals surface area contributed by atoms with Gasteiger partial charge in [-0.2, -0.15) is 5.26 Å². The van der Waals surface area contributed by atoms with Crippen molar-refractivity contribution in [1.82, 2.24) is 0 Å². The molecule has 102 valence electrons. The molecule has 1 aromatic carbocycles. The number of benzene rings is 1. The van der Waals surface area contributed by atoms with Gasteiger partial charge in [-0.05, 0) is 55.4 Å². The van der Waals surface area contributed by atoms with Gasteiger partial charge in [0.05, 0.1) is 13.2 Å². The molecule has 1 aromatic rings. The molecular formula is C16H22N2O. The summed E-state index contributed by atoms with van der Waals surface area (Å²) >= 11 is 0. The maximum atomic E-state index is 9.62. The third-order valence-electron chi connectivity index (χ3n) is 4.29. The lowest BCUT2D eigenvalue weighted by Crippen LogP contribution is -2.46. The highest BCUT2D eigenvalue weighted by atomic mass is 16.5. The summed E-state index contributed by atoms with van der Waals surface area (Å²) in [6, 6.07) is 10.3. The molecule has 0 aromatic heterocycles. The van der Waals surface area contributed by atoms with Crippen LogP contribution in [-0.4, -0.2) is 12.6 Å². The minimum Gasteiger partial charge on any atom is -0.497 e. The van der Waals surface area contributed by atoms with Crippen LogP contribution in [0.25, 0.3) is 0 Å². The first-order valence-corrected chi connectivity index (χ1v) is 6.93. The normalized spacial score (nSPS) is 30.4. The largest absolute Gasteiger partial charge is 0.497 e. The first-order chi connectivity index (χ1) is 9.09. The molecule has 3 heteroatoms. The summed E-state index contributed by atoms with van der Waals surface area (Å²) in [7, 11) is 1.66. The number of nitriles is 1. The highest BCUT2D eigenvalue weighted by molar-refractivity contribution is 5.50. The van der Waals surface area contributed by atoms with Crippen LogP contribution in [0.1, 0.15) is 33.1 Å². The van der Waals surface area contributed by atoms with Crippen molar-refractivity contribution in [2.24, 2.45) is 11.8 Å². The minimum atomic E-state index is -0.429. The van der Waals surface area contributed by atoms with Crippen LogP contribution in [0.4, 0.5) is 5.69 Å². The molecule has 0 saturated heterocycles. The zero-order valence-electron chi connectivity index (χ0n) is 11.9. The zero-order valence-corrected chi connectivity index (χ0v) is 11.9. The van der Waals surface area contributed by atoms with Crippen LogP contribution in [-0.2, 0) is 0 Å². The van der Waals surface area contributed by atoms with Crippen molar-refractivity contribution >= 4 is 5.69 Å². The Labute approximate surface area is 115 Å². The Bertz CT molecular complexity index is 463. The van der Waals surface area contributed by atoms with E-state index in [9.17, 15) is 5.26 Å². The van der Waals surface area contributed by atoms with Gasteiger partial charge in [0, 0.05) is 5.69 Å². The van der Waals surface area contributed by atoms with Gasteiger partial charge in [0.15, 0.2) is 0 Å². The average molecular weight is 258 g/mol. The van der Waals surface area contributed by atoms with Crippen molar-refractivity contribution in [2.75, 3.05) is 12.4 Å². The maximum absolute atomic E-state index is 9.62. The van der Waals surface area contributed by atoms with Crippen LogP contribution in [0.15, 0.2) is 24.3 Å². The van der Waals surface area contributed by atoms with E-state index in [2.05, 4.69) is 25.2 Å². The molecule has 0 amide bonds. The Morgan fingerprint density at radius 1 is 1.32 bits per heavy atom. The highest BCUT2D eigenvalue weighted by Crippen LogP contribution is 2.38. The molecule has 0 aliphatic heterocycles. The molecule has 19 heavy (non-hydrogen) atoms. The lowest BCUT2D eigenvalue weighted by atomic mass is 9.70. The molecule has 1 aliphatic rings. The van der Waals surface area contributed by atoms with Gasteiger partial charge in [0.25, 0.3) is 0 Å². The van der Waals surface area contributed by atoms with Crippen LogP contribution in [0.5, 0.6) is 5.75 Å². The van der Waals surface area contributed by atoms with Crippen LogP contribution in [0.2, 0.25) is 0 Å². The summed E-state index contributed by atoms with van der Waals surface area (Å²) in [6.07, 6.45) is 3.13. The molecule has 0 bridgehead atoms. The van der Waals surface area contributed by atoms with E-state index in [0.717, 1.165) is 30.7 Å². The van der Waals surface area contributed by atoms with Crippen LogP contribution in [0, 0.1) is 23.2 Å². The van der Waals surface area contributed by atoms with E-state index in [0.29, 0.717) is 11.8 Å². The fourth-order valence-corrected chi connectivity index (χ4v) is 2.95. The van der Waals surface area contributed by atoms with Gasteiger partial charge in [-0.25, -0.2) is 0 Å². The molecule has 0 heterocycles. The quantitative estimate of drug-likeness (QED) is 0.896. The third-order valence-corrected chi connectivity index (χ3v) is 4.29. The summed E-state index contributed by atoms with van der Waals surface area (Å²) < 4.78 is 5.15. The number of hydrogen-bond acceptors (Lipinski definition) is 3. The average Bonchev–Trinajstić information content (AvgIpc) is 2.43. The van der Waals surface area contributed by atoms with Crippen molar-refractivity contribution in [3.63, 3.8) is 0 Å². The number of nitrogens with one attached hydrogen (secondary N) is 1. The number of nitrogens with zero attached hydrogens (tertiary/aromatic N) is 1. The van der Waals surface area contributed by atoms with Crippen molar-refractivity contribution in [1.29, 1.82) is 5.26 Å². The summed E-state index contributed by atoms with van der Waals surface area (Å²) in [5.74, 6) is 1.92. The second-order valence-electron chi connectivity index (χ2n) is 5.72. The van der Waals surface area contributed by atoms with Gasteiger partial charge in [0.2, 0.25) is 0 Å². The topological polar surface area (TPSA) is 45.0 Å². The second kappa shape index (κ2) is 5.52. The molecule has 0 radical (unpaired) electrons. The first-order valence-electron chi connectivity index (χ1n) is 6.93. The Kier molecular flexibility index (Phi) is 3.99. The monoisotopic (exact) mass is 258 g/mol. The molecule has 3 nitrogen and oxygen atoms in total. The first kappa shape index (κ1) is 13.7. The summed E-state index contributed by atoms with van der Waals surface area (Å²) in [5, 5.41) is 13.1. The summed E-state index contributed by atoms with van der Waals surface area (Å²) in [4.78, 5) is 0. The fraction of sp³-hybridized carbons (Fsp3) is 0.562. The zero-order chi connectivity index (χ0) is 13.9. The summed E-state index contributed by atoms with van der Waals surface area (Å²) in [6.45, 7) is 4.45. The molecule has 1 fully saturated rings. The van der Waals surface area contributed by atoms with Crippen LogP contribution in [0.3, 0.4) is 0 Å². The smallest absolute Gasteiger partial charge is 0.127 e. The van der Waals surface area contributed by atoms with E-state index in [4.69, 9.17) is 4.74 Å². The summed E-state index contributed by atoms with van der Waals surface area (Å²) in [5.41, 5.74) is 0.560. The predicted molar refractivity (Wildman–Crippen MR) is 77.1 cm³/mol. The van der Waals surface area contributed by atoms with Gasteiger partial charge in [-0.1, -0.05) is 13.8 Å². The van der Waals surface area contributed by atoms with Gasteiger partial charge < -0.3 is 10.1 Å². The minimum absolute atomic E-state index is 0.364. The number of methoxy groups -OCH3 is 1. The highest BCUT2D eigenvalue weighted by Gasteiger charge is 2.40. The van der Waals surface area contributed by atoms with Crippen molar-refractivity contribution in [3.8, 4) is 11.8 Å².